The van der Waals surface area contributed by atoms with Crippen LogP contribution in [-0.2, 0) is 16.4 Å². The lowest BCUT2D eigenvalue weighted by Crippen LogP contribution is -2.25. The number of sulfonamides is 1. The van der Waals surface area contributed by atoms with Gasteiger partial charge < -0.3 is 4.74 Å². The molecule has 0 unspecified atom stereocenters. The van der Waals surface area contributed by atoms with Crippen molar-refractivity contribution in [3.05, 3.63) is 58.1 Å². The van der Waals surface area contributed by atoms with Gasteiger partial charge in [-0.05, 0) is 62.6 Å². The smallest absolute Gasteiger partial charge is 0.242 e. The molecule has 7 heteroatoms. The molecule has 2 rings (SSSR count). The van der Waals surface area contributed by atoms with Crippen molar-refractivity contribution in [2.75, 3.05) is 6.54 Å². The number of ether oxygens (including phenoxy) is 1. The van der Waals surface area contributed by atoms with Gasteiger partial charge in [-0.15, -0.1) is 0 Å². The summed E-state index contributed by atoms with van der Waals surface area (Å²) in [5.41, 5.74) is 1.10. The molecule has 0 amide bonds. The Balaban J connectivity index is 1.91. The quantitative estimate of drug-likeness (QED) is 0.652. The minimum atomic E-state index is -3.68. The molecule has 0 atom stereocenters. The molecule has 0 aliphatic carbocycles. The summed E-state index contributed by atoms with van der Waals surface area (Å²) in [4.78, 5) is -0.00556. The predicted octanol–water partition coefficient (Wildman–Crippen LogP) is 4.69. The summed E-state index contributed by atoms with van der Waals surface area (Å²) in [5.74, 6) is 0.818. The first-order valence-corrected chi connectivity index (χ1v) is 10.2. The van der Waals surface area contributed by atoms with Crippen LogP contribution in [0.5, 0.6) is 5.75 Å². The number of nitrogens with one attached hydrogen (secondary N) is 1. The van der Waals surface area contributed by atoms with Crippen LogP contribution in [0.3, 0.4) is 0 Å². The van der Waals surface area contributed by atoms with Gasteiger partial charge in [-0.25, -0.2) is 13.1 Å². The summed E-state index contributed by atoms with van der Waals surface area (Å²) >= 11 is 11.8. The number of benzene rings is 2. The average molecular weight is 402 g/mol. The second kappa shape index (κ2) is 8.90. The van der Waals surface area contributed by atoms with Gasteiger partial charge in [-0.3, -0.25) is 0 Å². The molecule has 0 radical (unpaired) electrons. The molecule has 0 spiro atoms. The van der Waals surface area contributed by atoms with Gasteiger partial charge in [0.2, 0.25) is 10.0 Å². The first kappa shape index (κ1) is 20.0. The molecule has 0 bridgehead atoms. The largest absolute Gasteiger partial charge is 0.491 e. The zero-order chi connectivity index (χ0) is 18.4. The van der Waals surface area contributed by atoms with Crippen LogP contribution < -0.4 is 9.46 Å². The van der Waals surface area contributed by atoms with E-state index in [1.54, 1.807) is 6.07 Å². The van der Waals surface area contributed by atoms with Crippen molar-refractivity contribution in [1.82, 2.24) is 4.72 Å². The Morgan fingerprint density at radius 2 is 1.88 bits per heavy atom. The maximum atomic E-state index is 12.3. The Morgan fingerprint density at radius 3 is 2.60 bits per heavy atom. The highest BCUT2D eigenvalue weighted by Gasteiger charge is 2.17. The van der Waals surface area contributed by atoms with Crippen molar-refractivity contribution < 1.29 is 13.2 Å². The lowest BCUT2D eigenvalue weighted by Gasteiger charge is -2.11. The van der Waals surface area contributed by atoms with Crippen LogP contribution in [0, 0.1) is 0 Å². The Labute approximate surface area is 159 Å². The Morgan fingerprint density at radius 1 is 1.12 bits per heavy atom. The number of hydrogen-bond donors (Lipinski definition) is 1. The van der Waals surface area contributed by atoms with Crippen LogP contribution in [0.25, 0.3) is 0 Å². The third kappa shape index (κ3) is 6.19. The second-order valence-electron chi connectivity index (χ2n) is 5.89. The first-order chi connectivity index (χ1) is 11.8. The summed E-state index contributed by atoms with van der Waals surface area (Å²) in [5, 5.41) is 0.474. The molecular formula is C18H21Cl2NO3S. The van der Waals surface area contributed by atoms with Gasteiger partial charge >= 0.3 is 0 Å². The molecule has 0 heterocycles. The predicted molar refractivity (Wildman–Crippen MR) is 102 cm³/mol. The molecule has 25 heavy (non-hydrogen) atoms. The summed E-state index contributed by atoms with van der Waals surface area (Å²) < 4.78 is 32.9. The Kier molecular flexibility index (Phi) is 7.14. The molecular weight excluding hydrogens is 381 g/mol. The number of halogens is 2. The number of rotatable bonds is 8. The molecule has 4 nitrogen and oxygen atoms in total. The molecule has 0 saturated heterocycles. The van der Waals surface area contributed by atoms with E-state index in [4.69, 9.17) is 27.9 Å². The third-order valence-corrected chi connectivity index (χ3v) is 5.57. The van der Waals surface area contributed by atoms with E-state index in [0.717, 1.165) is 17.7 Å². The van der Waals surface area contributed by atoms with Crippen LogP contribution >= 0.6 is 23.2 Å². The van der Waals surface area contributed by atoms with Crippen LogP contribution in [0.15, 0.2) is 47.4 Å². The molecule has 0 aliphatic rings. The standard InChI is InChI=1S/C18H21Cl2NO3S/c1-13(2)24-16-7-3-5-14(11-16)6-4-10-21-25(22,23)18-12-15(19)8-9-17(18)20/h3,5,7-9,11-13,21H,4,6,10H2,1-2H3. The van der Waals surface area contributed by atoms with Crippen molar-refractivity contribution in [3.63, 3.8) is 0 Å². The van der Waals surface area contributed by atoms with Crippen molar-refractivity contribution in [2.24, 2.45) is 0 Å². The van der Waals surface area contributed by atoms with Crippen LogP contribution in [0.1, 0.15) is 25.8 Å². The minimum absolute atomic E-state index is 0.00556. The monoisotopic (exact) mass is 401 g/mol. The van der Waals surface area contributed by atoms with E-state index in [0.29, 0.717) is 18.0 Å². The highest BCUT2D eigenvalue weighted by Crippen LogP contribution is 2.24. The van der Waals surface area contributed by atoms with E-state index in [2.05, 4.69) is 4.72 Å². The Hall–Kier alpha value is -1.27. The normalized spacial score (nSPS) is 11.7. The van der Waals surface area contributed by atoms with Gasteiger partial charge in [0, 0.05) is 11.6 Å². The van der Waals surface area contributed by atoms with Crippen molar-refractivity contribution in [3.8, 4) is 5.75 Å². The summed E-state index contributed by atoms with van der Waals surface area (Å²) in [6.45, 7) is 4.26. The fourth-order valence-electron chi connectivity index (χ4n) is 2.31. The highest BCUT2D eigenvalue weighted by atomic mass is 35.5. The van der Waals surface area contributed by atoms with Gasteiger partial charge in [0.25, 0.3) is 0 Å². The van der Waals surface area contributed by atoms with Gasteiger partial charge in [0.1, 0.15) is 10.6 Å². The van der Waals surface area contributed by atoms with E-state index < -0.39 is 10.0 Å². The molecule has 2 aromatic carbocycles. The lowest BCUT2D eigenvalue weighted by atomic mass is 10.1. The lowest BCUT2D eigenvalue weighted by molar-refractivity contribution is 0.242. The van der Waals surface area contributed by atoms with E-state index in [9.17, 15) is 8.42 Å². The van der Waals surface area contributed by atoms with Crippen LogP contribution in [0.2, 0.25) is 10.0 Å². The van der Waals surface area contributed by atoms with Crippen molar-refractivity contribution in [2.45, 2.75) is 37.7 Å². The average Bonchev–Trinajstić information content (AvgIpc) is 2.53. The molecule has 0 saturated carbocycles. The first-order valence-electron chi connectivity index (χ1n) is 7.98. The zero-order valence-electron chi connectivity index (χ0n) is 14.1. The fraction of sp³-hybridized carbons (Fsp3) is 0.333. The van der Waals surface area contributed by atoms with Gasteiger partial charge in [-0.1, -0.05) is 35.3 Å². The molecule has 2 aromatic rings. The molecule has 0 aliphatic heterocycles. The summed E-state index contributed by atoms with van der Waals surface area (Å²) in [6.07, 6.45) is 1.51. The van der Waals surface area contributed by atoms with E-state index in [-0.39, 0.29) is 16.0 Å². The van der Waals surface area contributed by atoms with Crippen LogP contribution in [-0.4, -0.2) is 21.1 Å². The number of aryl methyl sites for hydroxylation is 1. The zero-order valence-corrected chi connectivity index (χ0v) is 16.5. The number of hydrogen-bond acceptors (Lipinski definition) is 3. The molecule has 1 N–H and O–H groups in total. The molecule has 0 aromatic heterocycles. The SMILES string of the molecule is CC(C)Oc1cccc(CCCNS(=O)(=O)c2cc(Cl)ccc2Cl)c1. The maximum absolute atomic E-state index is 12.3. The second-order valence-corrected chi connectivity index (χ2v) is 8.47. The fourth-order valence-corrected chi connectivity index (χ4v) is 4.14. The van der Waals surface area contributed by atoms with Gasteiger partial charge in [0.15, 0.2) is 0 Å². The van der Waals surface area contributed by atoms with Gasteiger partial charge in [-0.2, -0.15) is 0 Å². The summed E-state index contributed by atoms with van der Waals surface area (Å²) in [6, 6.07) is 12.2. The summed E-state index contributed by atoms with van der Waals surface area (Å²) in [7, 11) is -3.68. The topological polar surface area (TPSA) is 55.4 Å². The van der Waals surface area contributed by atoms with E-state index >= 15 is 0 Å². The molecule has 0 fully saturated rings. The van der Waals surface area contributed by atoms with Crippen molar-refractivity contribution >= 4 is 33.2 Å². The minimum Gasteiger partial charge on any atom is -0.491 e. The van der Waals surface area contributed by atoms with Gasteiger partial charge in [0.05, 0.1) is 11.1 Å². The molecule has 136 valence electrons. The van der Waals surface area contributed by atoms with E-state index in [1.807, 2.05) is 38.1 Å². The maximum Gasteiger partial charge on any atom is 0.242 e. The van der Waals surface area contributed by atoms with Crippen LogP contribution in [0.4, 0.5) is 0 Å². The third-order valence-electron chi connectivity index (χ3n) is 3.39. The van der Waals surface area contributed by atoms with Crippen molar-refractivity contribution in [1.29, 1.82) is 0 Å². The Bertz CT molecular complexity index is 823. The highest BCUT2D eigenvalue weighted by molar-refractivity contribution is 7.89. The van der Waals surface area contributed by atoms with E-state index in [1.165, 1.54) is 12.1 Å².